The van der Waals surface area contributed by atoms with Crippen LogP contribution in [0.5, 0.6) is 5.75 Å². The Kier molecular flexibility index (Phi) is 6.41. The number of benzene rings is 3. The van der Waals surface area contributed by atoms with E-state index >= 15 is 0 Å². The number of anilines is 1. The second-order valence-electron chi connectivity index (χ2n) is 7.99. The molecule has 1 saturated heterocycles. The van der Waals surface area contributed by atoms with Gasteiger partial charge in [0.15, 0.2) is 0 Å². The molecule has 0 bridgehead atoms. The Morgan fingerprint density at radius 3 is 2.36 bits per heavy atom. The lowest BCUT2D eigenvalue weighted by Gasteiger charge is -2.39. The summed E-state index contributed by atoms with van der Waals surface area (Å²) in [5.74, 6) is 2.04. The van der Waals surface area contributed by atoms with Crippen molar-refractivity contribution in [1.82, 2.24) is 15.1 Å². The van der Waals surface area contributed by atoms with Crippen LogP contribution in [-0.4, -0.2) is 48.4 Å². The zero-order valence-electron chi connectivity index (χ0n) is 18.4. The number of aromatic nitrogens is 2. The van der Waals surface area contributed by atoms with E-state index in [1.807, 2.05) is 42.5 Å². The number of piperazine rings is 1. The lowest BCUT2D eigenvalue weighted by atomic mass is 10.0. The third kappa shape index (κ3) is 4.79. The molecule has 1 aliphatic heterocycles. The van der Waals surface area contributed by atoms with Crippen LogP contribution in [0.3, 0.4) is 0 Å². The molecule has 0 aliphatic carbocycles. The first-order valence-electron chi connectivity index (χ1n) is 11.0. The van der Waals surface area contributed by atoms with Gasteiger partial charge in [-0.1, -0.05) is 52.3 Å². The highest BCUT2D eigenvalue weighted by molar-refractivity contribution is 9.10. The Morgan fingerprint density at radius 1 is 0.879 bits per heavy atom. The van der Waals surface area contributed by atoms with Gasteiger partial charge in [-0.3, -0.25) is 4.90 Å². The molecule has 0 spiro atoms. The Bertz CT molecular complexity index is 1190. The summed E-state index contributed by atoms with van der Waals surface area (Å²) in [7, 11) is 1.70. The number of hydrogen-bond acceptors (Lipinski definition) is 6. The quantitative estimate of drug-likeness (QED) is 0.349. The molecule has 3 aromatic carbocycles. The van der Waals surface area contributed by atoms with Crippen molar-refractivity contribution >= 4 is 21.6 Å². The summed E-state index contributed by atoms with van der Waals surface area (Å²) in [4.78, 5) is 4.81. The molecule has 0 N–H and O–H groups in total. The van der Waals surface area contributed by atoms with Gasteiger partial charge in [0.25, 0.3) is 0 Å². The van der Waals surface area contributed by atoms with Crippen molar-refractivity contribution in [2.24, 2.45) is 0 Å². The fraction of sp³-hybridized carbons (Fsp3) is 0.231. The highest BCUT2D eigenvalue weighted by atomic mass is 79.9. The summed E-state index contributed by atoms with van der Waals surface area (Å²) < 4.78 is 12.7. The Morgan fingerprint density at radius 2 is 1.64 bits per heavy atom. The van der Waals surface area contributed by atoms with Crippen LogP contribution < -0.4 is 9.64 Å². The molecular formula is C26H25BrN4O2. The maximum Gasteiger partial charge on any atom is 0.247 e. The van der Waals surface area contributed by atoms with Crippen LogP contribution in [0.25, 0.3) is 11.5 Å². The number of ether oxygens (including phenoxy) is 1. The summed E-state index contributed by atoms with van der Waals surface area (Å²) >= 11 is 3.55. The van der Waals surface area contributed by atoms with Gasteiger partial charge in [0.1, 0.15) is 11.8 Å². The maximum absolute atomic E-state index is 6.21. The average molecular weight is 505 g/mol. The highest BCUT2D eigenvalue weighted by Crippen LogP contribution is 2.32. The molecule has 1 fully saturated rings. The van der Waals surface area contributed by atoms with E-state index in [1.54, 1.807) is 7.11 Å². The SMILES string of the molecule is COc1cccc(N2CCN(C(c3ccc(Br)cc3)c3nnc(-c4ccccc4)o3)CC2)c1. The maximum atomic E-state index is 6.21. The van der Waals surface area contributed by atoms with E-state index in [0.717, 1.165) is 47.5 Å². The Hall–Kier alpha value is -3.16. The summed E-state index contributed by atoms with van der Waals surface area (Å²) in [5.41, 5.74) is 3.24. The monoisotopic (exact) mass is 504 g/mol. The molecule has 1 aromatic heterocycles. The van der Waals surface area contributed by atoms with Crippen LogP contribution in [0, 0.1) is 0 Å². The topological polar surface area (TPSA) is 54.6 Å². The van der Waals surface area contributed by atoms with Gasteiger partial charge in [-0.15, -0.1) is 10.2 Å². The molecule has 0 amide bonds. The first-order valence-corrected chi connectivity index (χ1v) is 11.8. The van der Waals surface area contributed by atoms with E-state index in [4.69, 9.17) is 9.15 Å². The first kappa shape index (κ1) is 21.7. The molecule has 7 heteroatoms. The molecule has 5 rings (SSSR count). The molecule has 33 heavy (non-hydrogen) atoms. The molecule has 4 aromatic rings. The van der Waals surface area contributed by atoms with Crippen molar-refractivity contribution in [3.8, 4) is 17.2 Å². The van der Waals surface area contributed by atoms with Crippen LogP contribution in [0.2, 0.25) is 0 Å². The summed E-state index contributed by atoms with van der Waals surface area (Å²) in [6.45, 7) is 3.56. The van der Waals surface area contributed by atoms with Gasteiger partial charge in [-0.25, -0.2) is 0 Å². The largest absolute Gasteiger partial charge is 0.497 e. The zero-order valence-corrected chi connectivity index (χ0v) is 20.0. The lowest BCUT2D eigenvalue weighted by molar-refractivity contribution is 0.188. The van der Waals surface area contributed by atoms with Crippen molar-refractivity contribution in [2.75, 3.05) is 38.2 Å². The Labute approximate surface area is 201 Å². The van der Waals surface area contributed by atoms with E-state index in [-0.39, 0.29) is 6.04 Å². The predicted octanol–water partition coefficient (Wildman–Crippen LogP) is 5.42. The molecule has 0 radical (unpaired) electrons. The summed E-state index contributed by atoms with van der Waals surface area (Å²) in [6.07, 6.45) is 0. The van der Waals surface area contributed by atoms with Crippen LogP contribution in [0.15, 0.2) is 87.8 Å². The second-order valence-corrected chi connectivity index (χ2v) is 8.91. The van der Waals surface area contributed by atoms with E-state index < -0.39 is 0 Å². The van der Waals surface area contributed by atoms with E-state index in [9.17, 15) is 0 Å². The smallest absolute Gasteiger partial charge is 0.247 e. The number of rotatable bonds is 6. The number of hydrogen-bond donors (Lipinski definition) is 0. The van der Waals surface area contributed by atoms with Crippen LogP contribution in [0.4, 0.5) is 5.69 Å². The molecule has 6 nitrogen and oxygen atoms in total. The predicted molar refractivity (Wildman–Crippen MR) is 132 cm³/mol. The van der Waals surface area contributed by atoms with Gasteiger partial charge >= 0.3 is 0 Å². The number of halogens is 1. The van der Waals surface area contributed by atoms with Gasteiger partial charge in [-0.05, 0) is 42.0 Å². The summed E-state index contributed by atoms with van der Waals surface area (Å²) in [5, 5.41) is 8.82. The van der Waals surface area contributed by atoms with Crippen molar-refractivity contribution in [3.05, 3.63) is 94.8 Å². The minimum Gasteiger partial charge on any atom is -0.497 e. The standard InChI is InChI=1S/C26H25BrN4O2/c1-32-23-9-5-8-22(18-23)30-14-16-31(17-15-30)24(19-10-12-21(27)13-11-19)26-29-28-25(33-26)20-6-3-2-4-7-20/h2-13,18,24H,14-17H2,1H3. The fourth-order valence-electron chi connectivity index (χ4n) is 4.24. The molecule has 2 heterocycles. The van der Waals surface area contributed by atoms with Gasteiger partial charge in [0, 0.05) is 48.0 Å². The van der Waals surface area contributed by atoms with Gasteiger partial charge < -0.3 is 14.1 Å². The fourth-order valence-corrected chi connectivity index (χ4v) is 4.51. The van der Waals surface area contributed by atoms with Gasteiger partial charge in [0.05, 0.1) is 7.11 Å². The van der Waals surface area contributed by atoms with E-state index in [2.05, 4.69) is 72.3 Å². The Balaban J connectivity index is 1.40. The number of methoxy groups -OCH3 is 1. The zero-order chi connectivity index (χ0) is 22.6. The minimum absolute atomic E-state index is 0.101. The normalized spacial score (nSPS) is 15.4. The average Bonchev–Trinajstić information content (AvgIpc) is 3.36. The first-order chi connectivity index (χ1) is 16.2. The molecule has 1 aliphatic rings. The molecular weight excluding hydrogens is 480 g/mol. The highest BCUT2D eigenvalue weighted by Gasteiger charge is 2.31. The second kappa shape index (κ2) is 9.77. The van der Waals surface area contributed by atoms with Crippen LogP contribution in [-0.2, 0) is 0 Å². The van der Waals surface area contributed by atoms with Crippen LogP contribution in [0.1, 0.15) is 17.5 Å². The van der Waals surface area contributed by atoms with Crippen molar-refractivity contribution in [2.45, 2.75) is 6.04 Å². The van der Waals surface area contributed by atoms with Crippen molar-refractivity contribution < 1.29 is 9.15 Å². The summed E-state index contributed by atoms with van der Waals surface area (Å²) in [6, 6.07) is 26.4. The molecule has 1 unspecified atom stereocenters. The van der Waals surface area contributed by atoms with Crippen molar-refractivity contribution in [3.63, 3.8) is 0 Å². The van der Waals surface area contributed by atoms with Crippen LogP contribution >= 0.6 is 15.9 Å². The number of nitrogens with zero attached hydrogens (tertiary/aromatic N) is 4. The van der Waals surface area contributed by atoms with E-state index in [1.165, 1.54) is 5.69 Å². The van der Waals surface area contributed by atoms with Crippen molar-refractivity contribution in [1.29, 1.82) is 0 Å². The third-order valence-electron chi connectivity index (χ3n) is 5.98. The van der Waals surface area contributed by atoms with Gasteiger partial charge in [0.2, 0.25) is 11.8 Å². The van der Waals surface area contributed by atoms with E-state index in [0.29, 0.717) is 11.8 Å². The van der Waals surface area contributed by atoms with Gasteiger partial charge in [-0.2, -0.15) is 0 Å². The minimum atomic E-state index is -0.101. The molecule has 168 valence electrons. The molecule has 1 atom stereocenters. The third-order valence-corrected chi connectivity index (χ3v) is 6.51. The lowest BCUT2D eigenvalue weighted by Crippen LogP contribution is -2.48. The molecule has 0 saturated carbocycles.